The van der Waals surface area contributed by atoms with Crippen molar-refractivity contribution >= 4 is 5.91 Å². The molecule has 0 aromatic rings. The van der Waals surface area contributed by atoms with E-state index in [1.807, 2.05) is 0 Å². The summed E-state index contributed by atoms with van der Waals surface area (Å²) in [4.78, 5) is 10.7. The van der Waals surface area contributed by atoms with Crippen LogP contribution < -0.4 is 5.32 Å². The first-order chi connectivity index (χ1) is 7.04. The minimum Gasteiger partial charge on any atom is -0.394 e. The molecule has 0 aromatic heterocycles. The molecular formula is C8H12F5NO2. The van der Waals surface area contributed by atoms with E-state index in [1.165, 1.54) is 19.2 Å². The van der Waals surface area contributed by atoms with Crippen LogP contribution in [0.2, 0.25) is 0 Å². The number of nitrogens with one attached hydrogen (secondary N) is 1. The number of rotatable bonds is 4. The first-order valence-electron chi connectivity index (χ1n) is 4.40. The number of alkyl halides is 5. The van der Waals surface area contributed by atoms with Gasteiger partial charge in [0, 0.05) is 0 Å². The maximum Gasteiger partial charge on any atom is 0.463 e. The molecule has 0 heterocycles. The second-order valence-corrected chi connectivity index (χ2v) is 3.58. The predicted molar refractivity (Wildman–Crippen MR) is 44.9 cm³/mol. The molecule has 16 heavy (non-hydrogen) atoms. The van der Waals surface area contributed by atoms with Gasteiger partial charge >= 0.3 is 18.0 Å². The molecule has 0 fully saturated rings. The molecule has 1 amide bonds. The first kappa shape index (κ1) is 15.1. The Hall–Kier alpha value is -0.920. The number of carbonyl (C=O) groups excluding carboxylic acids is 1. The molecule has 3 nitrogen and oxygen atoms in total. The molecule has 0 aliphatic carbocycles. The molecule has 0 unspecified atom stereocenters. The largest absolute Gasteiger partial charge is 0.463 e. The first-order valence-corrected chi connectivity index (χ1v) is 4.40. The van der Waals surface area contributed by atoms with Crippen LogP contribution in [0.4, 0.5) is 22.0 Å². The molecule has 0 aliphatic rings. The van der Waals surface area contributed by atoms with Crippen LogP contribution in [0, 0.1) is 5.92 Å². The Morgan fingerprint density at radius 3 is 1.94 bits per heavy atom. The van der Waals surface area contributed by atoms with Gasteiger partial charge in [-0.05, 0) is 5.92 Å². The van der Waals surface area contributed by atoms with Gasteiger partial charge in [0.1, 0.15) is 0 Å². The van der Waals surface area contributed by atoms with E-state index in [1.54, 1.807) is 0 Å². The molecule has 0 saturated heterocycles. The average Bonchev–Trinajstić information content (AvgIpc) is 2.11. The summed E-state index contributed by atoms with van der Waals surface area (Å²) in [5, 5.41) is 10.1. The lowest BCUT2D eigenvalue weighted by Gasteiger charge is -2.24. The van der Waals surface area contributed by atoms with Crippen molar-refractivity contribution in [3.05, 3.63) is 0 Å². The van der Waals surface area contributed by atoms with Gasteiger partial charge in [0.2, 0.25) is 0 Å². The van der Waals surface area contributed by atoms with Crippen LogP contribution in [0.15, 0.2) is 0 Å². The fraction of sp³-hybridized carbons (Fsp3) is 0.875. The molecule has 0 saturated carbocycles. The highest BCUT2D eigenvalue weighted by Gasteiger charge is 2.63. The minimum atomic E-state index is -5.94. The van der Waals surface area contributed by atoms with E-state index < -0.39 is 36.6 Å². The molecule has 0 spiro atoms. The van der Waals surface area contributed by atoms with Crippen molar-refractivity contribution in [2.24, 2.45) is 5.92 Å². The third kappa shape index (κ3) is 3.29. The topological polar surface area (TPSA) is 49.3 Å². The van der Waals surface area contributed by atoms with E-state index in [2.05, 4.69) is 0 Å². The maximum atomic E-state index is 12.5. The van der Waals surface area contributed by atoms with E-state index in [0.717, 1.165) is 0 Å². The highest BCUT2D eigenvalue weighted by Crippen LogP contribution is 2.35. The smallest absolute Gasteiger partial charge is 0.394 e. The quantitative estimate of drug-likeness (QED) is 0.738. The van der Waals surface area contributed by atoms with Crippen molar-refractivity contribution in [3.8, 4) is 0 Å². The predicted octanol–water partition coefficient (Wildman–Crippen LogP) is 1.32. The fourth-order valence-electron chi connectivity index (χ4n) is 0.811. The minimum absolute atomic E-state index is 0.460. The third-order valence-electron chi connectivity index (χ3n) is 1.96. The molecule has 0 bridgehead atoms. The van der Waals surface area contributed by atoms with Crippen LogP contribution in [0.1, 0.15) is 13.8 Å². The lowest BCUT2D eigenvalue weighted by molar-refractivity contribution is -0.270. The zero-order valence-electron chi connectivity index (χ0n) is 8.61. The summed E-state index contributed by atoms with van der Waals surface area (Å²) in [7, 11) is 0. The van der Waals surface area contributed by atoms with Crippen molar-refractivity contribution in [2.45, 2.75) is 32.0 Å². The SMILES string of the molecule is CC(C)[C@@H](CO)NC(=O)C(F)(F)C(F)(F)F. The Balaban J connectivity index is 4.70. The van der Waals surface area contributed by atoms with Crippen LogP contribution in [0.25, 0.3) is 0 Å². The number of aliphatic hydroxyl groups is 1. The molecule has 96 valence electrons. The number of aliphatic hydroxyl groups excluding tert-OH is 1. The molecule has 2 N–H and O–H groups in total. The Morgan fingerprint density at radius 2 is 1.69 bits per heavy atom. The molecule has 0 rings (SSSR count). The van der Waals surface area contributed by atoms with Gasteiger partial charge in [0.05, 0.1) is 12.6 Å². The standard InChI is InChI=1S/C8H12F5NO2/c1-4(2)5(3-15)14-6(16)7(9,10)8(11,12)13/h4-5,15H,3H2,1-2H3,(H,14,16)/t5-/m1/s1. The van der Waals surface area contributed by atoms with E-state index in [9.17, 15) is 26.7 Å². The Kier molecular flexibility index (Phi) is 4.66. The lowest BCUT2D eigenvalue weighted by atomic mass is 10.1. The van der Waals surface area contributed by atoms with Crippen LogP contribution in [0.5, 0.6) is 0 Å². The van der Waals surface area contributed by atoms with Crippen LogP contribution in [-0.4, -0.2) is 35.8 Å². The molecule has 0 aliphatic heterocycles. The highest BCUT2D eigenvalue weighted by molar-refractivity contribution is 5.84. The second kappa shape index (κ2) is 4.94. The third-order valence-corrected chi connectivity index (χ3v) is 1.96. The van der Waals surface area contributed by atoms with Crippen LogP contribution >= 0.6 is 0 Å². The molecule has 0 aromatic carbocycles. The van der Waals surface area contributed by atoms with E-state index in [-0.39, 0.29) is 0 Å². The zero-order chi connectivity index (χ0) is 13.1. The Bertz CT molecular complexity index is 251. The zero-order valence-corrected chi connectivity index (χ0v) is 8.61. The van der Waals surface area contributed by atoms with E-state index >= 15 is 0 Å². The summed E-state index contributed by atoms with van der Waals surface area (Å²) in [5.74, 6) is -8.36. The van der Waals surface area contributed by atoms with Gasteiger partial charge in [-0.25, -0.2) is 0 Å². The highest BCUT2D eigenvalue weighted by atomic mass is 19.4. The number of amides is 1. The summed E-state index contributed by atoms with van der Waals surface area (Å²) in [6, 6.07) is -1.14. The van der Waals surface area contributed by atoms with Crippen LogP contribution in [-0.2, 0) is 4.79 Å². The van der Waals surface area contributed by atoms with Gasteiger partial charge < -0.3 is 10.4 Å². The maximum absolute atomic E-state index is 12.5. The van der Waals surface area contributed by atoms with Gasteiger partial charge in [-0.15, -0.1) is 0 Å². The summed E-state index contributed by atoms with van der Waals surface area (Å²) in [6.07, 6.45) is -5.94. The molecule has 8 heteroatoms. The lowest BCUT2D eigenvalue weighted by Crippen LogP contribution is -2.54. The van der Waals surface area contributed by atoms with Gasteiger partial charge in [0.15, 0.2) is 0 Å². The van der Waals surface area contributed by atoms with E-state index in [0.29, 0.717) is 0 Å². The fourth-order valence-corrected chi connectivity index (χ4v) is 0.811. The van der Waals surface area contributed by atoms with Crippen molar-refractivity contribution in [3.63, 3.8) is 0 Å². The Labute approximate surface area is 88.6 Å². The van der Waals surface area contributed by atoms with Crippen molar-refractivity contribution in [1.82, 2.24) is 5.32 Å². The van der Waals surface area contributed by atoms with Crippen molar-refractivity contribution < 1.29 is 31.9 Å². The van der Waals surface area contributed by atoms with Gasteiger partial charge in [0.25, 0.3) is 0 Å². The second-order valence-electron chi connectivity index (χ2n) is 3.58. The number of carbonyl (C=O) groups is 1. The monoisotopic (exact) mass is 249 g/mol. The normalized spacial score (nSPS) is 15.1. The van der Waals surface area contributed by atoms with Gasteiger partial charge in [-0.3, -0.25) is 4.79 Å². The summed E-state index contributed by atoms with van der Waals surface area (Å²) >= 11 is 0. The summed E-state index contributed by atoms with van der Waals surface area (Å²) in [5.41, 5.74) is 0. The Morgan fingerprint density at radius 1 is 1.25 bits per heavy atom. The number of hydrogen-bond acceptors (Lipinski definition) is 2. The molecule has 0 radical (unpaired) electrons. The van der Waals surface area contributed by atoms with Crippen molar-refractivity contribution in [1.29, 1.82) is 0 Å². The number of hydrogen-bond donors (Lipinski definition) is 2. The number of halogens is 5. The van der Waals surface area contributed by atoms with Gasteiger partial charge in [-0.2, -0.15) is 22.0 Å². The molecular weight excluding hydrogens is 237 g/mol. The van der Waals surface area contributed by atoms with E-state index in [4.69, 9.17) is 5.11 Å². The average molecular weight is 249 g/mol. The van der Waals surface area contributed by atoms with Crippen LogP contribution in [0.3, 0.4) is 0 Å². The summed E-state index contributed by atoms with van der Waals surface area (Å²) < 4.78 is 60.2. The van der Waals surface area contributed by atoms with Crippen molar-refractivity contribution in [2.75, 3.05) is 6.61 Å². The molecule has 1 atom stereocenters. The van der Waals surface area contributed by atoms with Gasteiger partial charge in [-0.1, -0.05) is 13.8 Å². The summed E-state index contributed by atoms with van der Waals surface area (Å²) in [6.45, 7) is 2.22.